The second-order valence-corrected chi connectivity index (χ2v) is 15.9. The molecule has 1 aliphatic rings. The van der Waals surface area contributed by atoms with E-state index < -0.39 is 5.41 Å². The summed E-state index contributed by atoms with van der Waals surface area (Å²) in [4.78, 5) is 14.3. The van der Waals surface area contributed by atoms with Gasteiger partial charge >= 0.3 is 0 Å². The summed E-state index contributed by atoms with van der Waals surface area (Å²) in [5.74, 6) is 0.672. The van der Waals surface area contributed by atoms with Crippen LogP contribution in [-0.4, -0.2) is 9.97 Å². The minimum atomic E-state index is -0.548. The van der Waals surface area contributed by atoms with E-state index in [0.717, 1.165) is 67.0 Å². The molecule has 0 bridgehead atoms. The van der Waals surface area contributed by atoms with E-state index in [4.69, 9.17) is 16.5 Å². The maximum absolute atomic E-state index is 7.97. The number of nitrogens with zero attached hydrogens (tertiary/aromatic N) is 3. The Morgan fingerprint density at radius 1 is 0.333 bits per heavy atom. The first-order valence-electron chi connectivity index (χ1n) is 21.3. The molecular weight excluding hydrogens is 763 g/mol. The third-order valence-electron chi connectivity index (χ3n) is 12.4. The molecule has 0 unspecified atom stereocenters. The lowest BCUT2D eigenvalue weighted by Crippen LogP contribution is -2.28. The van der Waals surface area contributed by atoms with Crippen LogP contribution in [0.4, 0.5) is 5.69 Å². The molecule has 0 spiro atoms. The molecule has 0 aliphatic heterocycles. The topological polar surface area (TPSA) is 30.1 Å². The highest BCUT2D eigenvalue weighted by Crippen LogP contribution is 2.59. The number of hydrogen-bond donors (Lipinski definition) is 0. The van der Waals surface area contributed by atoms with Crippen LogP contribution in [0.15, 0.2) is 237 Å². The van der Waals surface area contributed by atoms with Crippen molar-refractivity contribution in [3.63, 3.8) is 0 Å². The average Bonchev–Trinajstić information content (AvgIpc) is 3.68. The Morgan fingerprint density at radius 3 is 1.54 bits per heavy atom. The first-order valence-corrected chi connectivity index (χ1v) is 21.3. The number of fused-ring (bicyclic) bond motifs is 3. The van der Waals surface area contributed by atoms with Gasteiger partial charge in [-0.2, -0.15) is 0 Å². The number of benzene rings is 9. The van der Waals surface area contributed by atoms with Gasteiger partial charge in [0.25, 0.3) is 0 Å². The molecule has 9 aromatic carbocycles. The molecule has 0 N–H and O–H groups in total. The standard InChI is InChI=1S/C60H39N3/c1-61-49-36-37-54-53(39-49)58-51(30-17-31-55(58)60(54,47-24-10-4-11-25-47)48-26-12-5-13-27-48)43-34-32-41(33-35-43)45-22-16-23-46(38-45)59-62-56(44-20-8-3-9-21-44)40-57(63-59)52-29-15-14-28-50(52)42-18-6-2-7-19-42/h2-40H. The van der Waals surface area contributed by atoms with Crippen molar-refractivity contribution in [3.05, 3.63) is 270 Å². The lowest BCUT2D eigenvalue weighted by atomic mass is 9.67. The van der Waals surface area contributed by atoms with Crippen LogP contribution in [0.5, 0.6) is 0 Å². The quantitative estimate of drug-likeness (QED) is 0.143. The van der Waals surface area contributed by atoms with Gasteiger partial charge in [0, 0.05) is 16.7 Å². The minimum Gasteiger partial charge on any atom is -0.238 e. The molecule has 3 nitrogen and oxygen atoms in total. The highest BCUT2D eigenvalue weighted by atomic mass is 14.9. The van der Waals surface area contributed by atoms with Gasteiger partial charge in [-0.3, -0.25) is 0 Å². The van der Waals surface area contributed by atoms with Crippen molar-refractivity contribution in [1.29, 1.82) is 0 Å². The van der Waals surface area contributed by atoms with Crippen LogP contribution in [0.1, 0.15) is 22.3 Å². The smallest absolute Gasteiger partial charge is 0.187 e. The highest BCUT2D eigenvalue weighted by Gasteiger charge is 2.46. The van der Waals surface area contributed by atoms with Gasteiger partial charge in [0.15, 0.2) is 11.5 Å². The third-order valence-corrected chi connectivity index (χ3v) is 12.4. The van der Waals surface area contributed by atoms with E-state index in [1.54, 1.807) is 0 Å². The van der Waals surface area contributed by atoms with E-state index >= 15 is 0 Å². The van der Waals surface area contributed by atoms with Crippen molar-refractivity contribution in [2.75, 3.05) is 0 Å². The summed E-state index contributed by atoms with van der Waals surface area (Å²) in [5.41, 5.74) is 18.6. The zero-order valence-electron chi connectivity index (χ0n) is 34.4. The van der Waals surface area contributed by atoms with Crippen molar-refractivity contribution in [3.8, 4) is 78.4 Å². The summed E-state index contributed by atoms with van der Waals surface area (Å²) < 4.78 is 0. The van der Waals surface area contributed by atoms with Crippen molar-refractivity contribution in [2.24, 2.45) is 0 Å². The summed E-state index contributed by atoms with van der Waals surface area (Å²) >= 11 is 0. The third kappa shape index (κ3) is 6.54. The van der Waals surface area contributed by atoms with Gasteiger partial charge in [0.05, 0.1) is 23.4 Å². The maximum atomic E-state index is 7.97. The monoisotopic (exact) mass is 801 g/mol. The second kappa shape index (κ2) is 15.9. The SMILES string of the molecule is [C-]#[N+]c1ccc2c(c1)-c1c(-c3ccc(-c4cccc(-c5nc(-c6ccccc6)cc(-c6ccccc6-c6ccccc6)n5)c4)cc3)cccc1C2(c1ccccc1)c1ccccc1. The number of hydrogen-bond acceptors (Lipinski definition) is 2. The van der Waals surface area contributed by atoms with Crippen molar-refractivity contribution in [1.82, 2.24) is 9.97 Å². The first-order chi connectivity index (χ1) is 31.2. The van der Waals surface area contributed by atoms with Crippen molar-refractivity contribution < 1.29 is 0 Å². The van der Waals surface area contributed by atoms with Gasteiger partial charge < -0.3 is 0 Å². The van der Waals surface area contributed by atoms with Crippen LogP contribution in [0.25, 0.3) is 83.3 Å². The average molecular weight is 802 g/mol. The van der Waals surface area contributed by atoms with Gasteiger partial charge in [0.2, 0.25) is 0 Å². The molecular formula is C60H39N3. The zero-order chi connectivity index (χ0) is 42.2. The molecule has 1 aliphatic carbocycles. The van der Waals surface area contributed by atoms with Crippen LogP contribution in [0, 0.1) is 6.57 Å². The number of aromatic nitrogens is 2. The van der Waals surface area contributed by atoms with E-state index in [2.05, 4.69) is 223 Å². The minimum absolute atomic E-state index is 0.548. The Kier molecular flexibility index (Phi) is 9.45. The summed E-state index contributed by atoms with van der Waals surface area (Å²) in [6.07, 6.45) is 0. The second-order valence-electron chi connectivity index (χ2n) is 15.9. The van der Waals surface area contributed by atoms with Gasteiger partial charge in [-0.15, -0.1) is 0 Å². The predicted octanol–water partition coefficient (Wildman–Crippen LogP) is 15.4. The van der Waals surface area contributed by atoms with Gasteiger partial charge in [-0.25, -0.2) is 14.8 Å². The van der Waals surface area contributed by atoms with E-state index in [0.29, 0.717) is 11.5 Å². The fraction of sp³-hybridized carbons (Fsp3) is 0.0167. The predicted molar refractivity (Wildman–Crippen MR) is 258 cm³/mol. The fourth-order valence-corrected chi connectivity index (χ4v) is 9.57. The molecule has 294 valence electrons. The van der Waals surface area contributed by atoms with E-state index in [-0.39, 0.29) is 0 Å². The van der Waals surface area contributed by atoms with Gasteiger partial charge in [-0.05, 0) is 85.0 Å². The van der Waals surface area contributed by atoms with E-state index in [9.17, 15) is 0 Å². The van der Waals surface area contributed by atoms with Crippen LogP contribution in [-0.2, 0) is 5.41 Å². The molecule has 0 fully saturated rings. The van der Waals surface area contributed by atoms with Crippen molar-refractivity contribution in [2.45, 2.75) is 5.41 Å². The summed E-state index contributed by atoms with van der Waals surface area (Å²) in [7, 11) is 0. The highest BCUT2D eigenvalue weighted by molar-refractivity contribution is 5.97. The van der Waals surface area contributed by atoms with Crippen molar-refractivity contribution >= 4 is 5.69 Å². The van der Waals surface area contributed by atoms with Gasteiger partial charge in [-0.1, -0.05) is 218 Å². The zero-order valence-corrected chi connectivity index (χ0v) is 34.4. The van der Waals surface area contributed by atoms with Crippen LogP contribution >= 0.6 is 0 Å². The Labute approximate surface area is 368 Å². The molecule has 0 radical (unpaired) electrons. The normalized spacial score (nSPS) is 12.2. The Hall–Kier alpha value is -8.45. The van der Waals surface area contributed by atoms with E-state index in [1.165, 1.54) is 27.8 Å². The molecule has 10 aromatic rings. The summed E-state index contributed by atoms with van der Waals surface area (Å²) in [6.45, 7) is 7.97. The molecule has 1 heterocycles. The summed E-state index contributed by atoms with van der Waals surface area (Å²) in [5, 5.41) is 0. The maximum Gasteiger partial charge on any atom is 0.187 e. The number of rotatable bonds is 8. The molecule has 0 amide bonds. The Morgan fingerprint density at radius 2 is 0.857 bits per heavy atom. The lowest BCUT2D eigenvalue weighted by Gasteiger charge is -2.34. The van der Waals surface area contributed by atoms with Crippen LogP contribution < -0.4 is 0 Å². The Balaban J connectivity index is 1.01. The molecule has 11 rings (SSSR count). The fourth-order valence-electron chi connectivity index (χ4n) is 9.57. The Bertz CT molecular complexity index is 3280. The van der Waals surface area contributed by atoms with Gasteiger partial charge in [0.1, 0.15) is 0 Å². The largest absolute Gasteiger partial charge is 0.238 e. The molecule has 3 heteroatoms. The van der Waals surface area contributed by atoms with E-state index in [1.807, 2.05) is 18.2 Å². The molecule has 1 aromatic heterocycles. The van der Waals surface area contributed by atoms with Crippen LogP contribution in [0.3, 0.4) is 0 Å². The molecule has 63 heavy (non-hydrogen) atoms. The lowest BCUT2D eigenvalue weighted by molar-refractivity contribution is 0.769. The van der Waals surface area contributed by atoms with Crippen LogP contribution in [0.2, 0.25) is 0 Å². The first kappa shape index (κ1) is 37.5. The molecule has 0 saturated carbocycles. The molecule has 0 saturated heterocycles. The summed E-state index contributed by atoms with van der Waals surface area (Å²) in [6, 6.07) is 83.3. The molecule has 0 atom stereocenters.